The molecule has 5 heteroatoms. The molecule has 0 radical (unpaired) electrons. The number of benzene rings is 1. The van der Waals surface area contributed by atoms with Crippen LogP contribution < -0.4 is 5.73 Å². The average Bonchev–Trinajstić information content (AvgIpc) is 2.44. The third-order valence-electron chi connectivity index (χ3n) is 4.01. The zero-order valence-corrected chi connectivity index (χ0v) is 12.3. The first-order valence-corrected chi connectivity index (χ1v) is 7.06. The van der Waals surface area contributed by atoms with E-state index in [1.807, 2.05) is 0 Å². The van der Waals surface area contributed by atoms with Gasteiger partial charge in [-0.25, -0.2) is 0 Å². The van der Waals surface area contributed by atoms with Crippen LogP contribution in [0.1, 0.15) is 16.7 Å². The molecule has 0 atom stereocenters. The van der Waals surface area contributed by atoms with Gasteiger partial charge in [0, 0.05) is 32.7 Å². The van der Waals surface area contributed by atoms with Gasteiger partial charge < -0.3 is 10.9 Å². The van der Waals surface area contributed by atoms with E-state index in [4.69, 9.17) is 10.9 Å². The molecule has 5 nitrogen and oxygen atoms in total. The Balaban J connectivity index is 1.89. The molecule has 1 saturated heterocycles. The summed E-state index contributed by atoms with van der Waals surface area (Å²) in [7, 11) is 0. The van der Waals surface area contributed by atoms with Crippen molar-refractivity contribution in [2.75, 3.05) is 32.7 Å². The predicted molar refractivity (Wildman–Crippen MR) is 81.0 cm³/mol. The van der Waals surface area contributed by atoms with E-state index in [-0.39, 0.29) is 5.84 Å². The quantitative estimate of drug-likeness (QED) is 0.375. The van der Waals surface area contributed by atoms with Gasteiger partial charge in [0.15, 0.2) is 5.84 Å². The maximum Gasteiger partial charge on any atom is 0.153 e. The van der Waals surface area contributed by atoms with Crippen LogP contribution in [0.3, 0.4) is 0 Å². The normalized spacial score (nSPS) is 18.4. The van der Waals surface area contributed by atoms with E-state index in [9.17, 15) is 0 Å². The summed E-state index contributed by atoms with van der Waals surface area (Å²) in [6, 6.07) is 6.47. The van der Waals surface area contributed by atoms with Crippen LogP contribution in [-0.2, 0) is 6.54 Å². The van der Waals surface area contributed by atoms with Gasteiger partial charge in [-0.3, -0.25) is 9.80 Å². The van der Waals surface area contributed by atoms with E-state index >= 15 is 0 Å². The molecule has 2 rings (SSSR count). The van der Waals surface area contributed by atoms with Gasteiger partial charge in [-0.2, -0.15) is 0 Å². The maximum absolute atomic E-state index is 8.60. The van der Waals surface area contributed by atoms with Crippen molar-refractivity contribution >= 4 is 5.84 Å². The standard InChI is InChI=1S/C15H24N4O/c1-12-4-3-5-13(2)14(12)10-18-6-8-19(9-7-18)11-15(16)17-20/h3-5,20H,6-11H2,1-2H3,(H2,16,17). The molecule has 1 aliphatic heterocycles. The Bertz CT molecular complexity index is 459. The second-order valence-electron chi connectivity index (χ2n) is 5.51. The molecule has 20 heavy (non-hydrogen) atoms. The number of piperazine rings is 1. The summed E-state index contributed by atoms with van der Waals surface area (Å²) >= 11 is 0. The van der Waals surface area contributed by atoms with Crippen molar-refractivity contribution in [1.82, 2.24) is 9.80 Å². The molecule has 3 N–H and O–H groups in total. The average molecular weight is 276 g/mol. The summed E-state index contributed by atoms with van der Waals surface area (Å²) in [5.74, 6) is 0.285. The molecule has 1 aromatic rings. The van der Waals surface area contributed by atoms with Gasteiger partial charge in [0.1, 0.15) is 0 Å². The van der Waals surface area contributed by atoms with Crippen LogP contribution in [0, 0.1) is 13.8 Å². The first kappa shape index (κ1) is 14.8. The molecule has 1 fully saturated rings. The molecule has 0 aromatic heterocycles. The van der Waals surface area contributed by atoms with E-state index in [2.05, 4.69) is 47.0 Å². The molecule has 110 valence electrons. The lowest BCUT2D eigenvalue weighted by atomic mass is 10.0. The van der Waals surface area contributed by atoms with Gasteiger partial charge in [-0.15, -0.1) is 0 Å². The lowest BCUT2D eigenvalue weighted by Crippen LogP contribution is -2.48. The van der Waals surface area contributed by atoms with E-state index in [0.717, 1.165) is 32.7 Å². The van der Waals surface area contributed by atoms with Crippen LogP contribution in [0.5, 0.6) is 0 Å². The number of rotatable bonds is 4. The second-order valence-corrected chi connectivity index (χ2v) is 5.51. The molecule has 0 saturated carbocycles. The number of hydrogen-bond donors (Lipinski definition) is 2. The van der Waals surface area contributed by atoms with Crippen LogP contribution in [0.15, 0.2) is 23.4 Å². The maximum atomic E-state index is 8.60. The van der Waals surface area contributed by atoms with Gasteiger partial charge in [-0.05, 0) is 30.5 Å². The van der Waals surface area contributed by atoms with E-state index in [0.29, 0.717) is 6.54 Å². The Morgan fingerprint density at radius 2 is 1.70 bits per heavy atom. The molecule has 1 heterocycles. The predicted octanol–water partition coefficient (Wildman–Crippen LogP) is 1.17. The fourth-order valence-corrected chi connectivity index (χ4v) is 2.69. The van der Waals surface area contributed by atoms with E-state index in [1.54, 1.807) is 0 Å². The van der Waals surface area contributed by atoms with Gasteiger partial charge in [0.2, 0.25) is 0 Å². The Hall–Kier alpha value is -1.59. The molecule has 0 spiro atoms. The minimum Gasteiger partial charge on any atom is -0.409 e. The van der Waals surface area contributed by atoms with Gasteiger partial charge in [0.05, 0.1) is 6.54 Å². The summed E-state index contributed by atoms with van der Waals surface area (Å²) < 4.78 is 0. The number of nitrogens with two attached hydrogens (primary N) is 1. The van der Waals surface area contributed by atoms with Crippen molar-refractivity contribution in [2.45, 2.75) is 20.4 Å². The molecular weight excluding hydrogens is 252 g/mol. The number of amidine groups is 1. The van der Waals surface area contributed by atoms with Crippen molar-refractivity contribution in [2.24, 2.45) is 10.9 Å². The molecule has 0 unspecified atom stereocenters. The molecule has 1 aliphatic rings. The smallest absolute Gasteiger partial charge is 0.153 e. The highest BCUT2D eigenvalue weighted by atomic mass is 16.4. The highest BCUT2D eigenvalue weighted by Crippen LogP contribution is 2.16. The first-order chi connectivity index (χ1) is 9.60. The Kier molecular flexibility index (Phi) is 4.98. The lowest BCUT2D eigenvalue weighted by Gasteiger charge is -2.34. The van der Waals surface area contributed by atoms with E-state index < -0.39 is 0 Å². The van der Waals surface area contributed by atoms with Crippen molar-refractivity contribution in [3.8, 4) is 0 Å². The minimum absolute atomic E-state index is 0.285. The highest BCUT2D eigenvalue weighted by molar-refractivity contribution is 5.81. The third-order valence-corrected chi connectivity index (χ3v) is 4.01. The highest BCUT2D eigenvalue weighted by Gasteiger charge is 2.18. The molecule has 0 amide bonds. The third kappa shape index (κ3) is 3.71. The van der Waals surface area contributed by atoms with Crippen molar-refractivity contribution in [3.63, 3.8) is 0 Å². The summed E-state index contributed by atoms with van der Waals surface area (Å²) in [4.78, 5) is 4.69. The SMILES string of the molecule is Cc1cccc(C)c1CN1CCN(C/C(N)=N/O)CC1. The fraction of sp³-hybridized carbons (Fsp3) is 0.533. The fourth-order valence-electron chi connectivity index (χ4n) is 2.69. The Morgan fingerprint density at radius 3 is 2.25 bits per heavy atom. The van der Waals surface area contributed by atoms with Crippen LogP contribution in [0.2, 0.25) is 0 Å². The van der Waals surface area contributed by atoms with Crippen molar-refractivity contribution < 1.29 is 5.21 Å². The van der Waals surface area contributed by atoms with E-state index in [1.165, 1.54) is 16.7 Å². The lowest BCUT2D eigenvalue weighted by molar-refractivity contribution is 0.138. The zero-order chi connectivity index (χ0) is 14.5. The van der Waals surface area contributed by atoms with Crippen LogP contribution in [-0.4, -0.2) is 53.6 Å². The number of hydrogen-bond acceptors (Lipinski definition) is 4. The summed E-state index contributed by atoms with van der Waals surface area (Å²) in [6.45, 7) is 9.87. The molecular formula is C15H24N4O. The molecule has 0 aliphatic carbocycles. The van der Waals surface area contributed by atoms with Gasteiger partial charge in [0.25, 0.3) is 0 Å². The van der Waals surface area contributed by atoms with Crippen LogP contribution in [0.4, 0.5) is 0 Å². The molecule has 0 bridgehead atoms. The second kappa shape index (κ2) is 6.72. The van der Waals surface area contributed by atoms with Crippen molar-refractivity contribution in [3.05, 3.63) is 34.9 Å². The Morgan fingerprint density at radius 1 is 1.15 bits per heavy atom. The topological polar surface area (TPSA) is 65.1 Å². The largest absolute Gasteiger partial charge is 0.409 e. The number of nitrogens with zero attached hydrogens (tertiary/aromatic N) is 3. The Labute approximate surface area is 120 Å². The van der Waals surface area contributed by atoms with Crippen LogP contribution >= 0.6 is 0 Å². The summed E-state index contributed by atoms with van der Waals surface area (Å²) in [6.07, 6.45) is 0. The van der Waals surface area contributed by atoms with Gasteiger partial charge in [-0.1, -0.05) is 23.4 Å². The first-order valence-electron chi connectivity index (χ1n) is 7.06. The zero-order valence-electron chi connectivity index (χ0n) is 12.3. The van der Waals surface area contributed by atoms with Crippen molar-refractivity contribution in [1.29, 1.82) is 0 Å². The monoisotopic (exact) mass is 276 g/mol. The number of oxime groups is 1. The molecule has 1 aromatic carbocycles. The summed E-state index contributed by atoms with van der Waals surface area (Å²) in [5, 5.41) is 11.6. The summed E-state index contributed by atoms with van der Waals surface area (Å²) in [5.41, 5.74) is 9.72. The van der Waals surface area contributed by atoms with Gasteiger partial charge >= 0.3 is 0 Å². The minimum atomic E-state index is 0.285. The van der Waals surface area contributed by atoms with Crippen LogP contribution in [0.25, 0.3) is 0 Å². The number of aryl methyl sites for hydroxylation is 2.